The highest BCUT2D eigenvalue weighted by molar-refractivity contribution is 5.95. The molecule has 1 amide bonds. The van der Waals surface area contributed by atoms with Crippen molar-refractivity contribution in [2.45, 2.75) is 33.9 Å². The second-order valence-corrected chi connectivity index (χ2v) is 9.15. The van der Waals surface area contributed by atoms with Gasteiger partial charge in [0.05, 0.1) is 17.6 Å². The first-order chi connectivity index (χ1) is 13.8. The number of nitrogens with zero attached hydrogens (tertiary/aromatic N) is 5. The van der Waals surface area contributed by atoms with E-state index in [0.29, 0.717) is 11.5 Å². The summed E-state index contributed by atoms with van der Waals surface area (Å²) in [6, 6.07) is 1.88. The van der Waals surface area contributed by atoms with Crippen LogP contribution in [-0.4, -0.2) is 77.0 Å². The average Bonchev–Trinajstić information content (AvgIpc) is 3.36. The molecule has 0 bridgehead atoms. The lowest BCUT2D eigenvalue weighted by Gasteiger charge is -2.32. The van der Waals surface area contributed by atoms with Gasteiger partial charge in [0.1, 0.15) is 11.5 Å². The Labute approximate surface area is 173 Å². The quantitative estimate of drug-likeness (QED) is 0.746. The summed E-state index contributed by atoms with van der Waals surface area (Å²) in [5, 5.41) is 0. The van der Waals surface area contributed by atoms with Gasteiger partial charge >= 0.3 is 0 Å². The Morgan fingerprint density at radius 2 is 2.10 bits per heavy atom. The number of furan rings is 1. The van der Waals surface area contributed by atoms with Gasteiger partial charge in [-0.05, 0) is 46.9 Å². The Morgan fingerprint density at radius 3 is 2.76 bits per heavy atom. The molecule has 7 nitrogen and oxygen atoms in total. The molecule has 2 aromatic heterocycles. The second-order valence-electron chi connectivity index (χ2n) is 9.15. The van der Waals surface area contributed by atoms with Gasteiger partial charge in [0.25, 0.3) is 5.91 Å². The Morgan fingerprint density at radius 1 is 1.31 bits per heavy atom. The van der Waals surface area contributed by atoms with Crippen LogP contribution in [0.15, 0.2) is 23.0 Å². The summed E-state index contributed by atoms with van der Waals surface area (Å²) in [6.45, 7) is 12.5. The number of carbonyl (C=O) groups excluding carboxylic acids is 1. The summed E-state index contributed by atoms with van der Waals surface area (Å²) in [5.74, 6) is 2.12. The minimum absolute atomic E-state index is 0.113. The first-order valence-corrected chi connectivity index (χ1v) is 10.5. The molecule has 7 heteroatoms. The molecule has 2 aliphatic rings. The van der Waals surface area contributed by atoms with E-state index in [1.807, 2.05) is 32.4 Å². The first kappa shape index (κ1) is 20.2. The molecule has 158 valence electrons. The van der Waals surface area contributed by atoms with Crippen molar-refractivity contribution in [1.82, 2.24) is 24.3 Å². The fraction of sp³-hybridized carbons (Fsp3) is 0.636. The maximum atomic E-state index is 13.2. The van der Waals surface area contributed by atoms with Gasteiger partial charge in [-0.1, -0.05) is 0 Å². The van der Waals surface area contributed by atoms with Crippen LogP contribution in [0.2, 0.25) is 0 Å². The molecular weight excluding hydrogens is 366 g/mol. The Balaban J connectivity index is 1.51. The zero-order valence-electron chi connectivity index (χ0n) is 18.3. The van der Waals surface area contributed by atoms with Gasteiger partial charge in [0, 0.05) is 57.4 Å². The van der Waals surface area contributed by atoms with Gasteiger partial charge in [0.15, 0.2) is 0 Å². The van der Waals surface area contributed by atoms with Crippen LogP contribution in [-0.2, 0) is 13.1 Å². The Kier molecular flexibility index (Phi) is 5.29. The van der Waals surface area contributed by atoms with Crippen LogP contribution in [0.4, 0.5) is 0 Å². The number of aromatic nitrogens is 2. The fourth-order valence-corrected chi connectivity index (χ4v) is 5.43. The molecule has 0 saturated carbocycles. The number of hydrogen-bond acceptors (Lipinski definition) is 5. The minimum Gasteiger partial charge on any atom is -0.466 e. The van der Waals surface area contributed by atoms with E-state index in [-0.39, 0.29) is 11.3 Å². The predicted octanol–water partition coefficient (Wildman–Crippen LogP) is 2.25. The lowest BCUT2D eigenvalue weighted by molar-refractivity contribution is 0.0746. The smallest absolute Gasteiger partial charge is 0.257 e. The average molecular weight is 400 g/mol. The third kappa shape index (κ3) is 3.73. The van der Waals surface area contributed by atoms with Crippen LogP contribution < -0.4 is 0 Å². The molecule has 4 rings (SSSR count). The number of imidazole rings is 1. The molecule has 2 aromatic rings. The largest absolute Gasteiger partial charge is 0.466 e. The molecule has 2 aliphatic heterocycles. The normalized spacial score (nSPS) is 24.6. The number of carbonyl (C=O) groups is 1. The fourth-order valence-electron chi connectivity index (χ4n) is 5.43. The topological polar surface area (TPSA) is 57.8 Å². The van der Waals surface area contributed by atoms with Crippen molar-refractivity contribution < 1.29 is 9.21 Å². The van der Waals surface area contributed by atoms with Crippen molar-refractivity contribution in [3.63, 3.8) is 0 Å². The number of aryl methyl sites for hydroxylation is 3. The molecule has 2 atom stereocenters. The van der Waals surface area contributed by atoms with E-state index in [2.05, 4.69) is 45.3 Å². The molecule has 0 unspecified atom stereocenters. The third-order valence-corrected chi connectivity index (χ3v) is 6.54. The third-order valence-electron chi connectivity index (χ3n) is 6.54. The molecule has 0 aliphatic carbocycles. The van der Waals surface area contributed by atoms with Crippen molar-refractivity contribution in [2.75, 3.05) is 46.8 Å². The van der Waals surface area contributed by atoms with Gasteiger partial charge in [-0.2, -0.15) is 0 Å². The van der Waals surface area contributed by atoms with Crippen molar-refractivity contribution in [1.29, 1.82) is 0 Å². The standard InChI is InChI=1S/C22H33N5O2/c1-6-26-15-23-8-19(26)11-25-9-18-10-27(14-22(18,13-25)12-24(4)5)21(28)20-7-16(2)29-17(20)3/h7-8,15,18H,6,9-14H2,1-5H3/t18-,22+/m0/s1. The highest BCUT2D eigenvalue weighted by atomic mass is 16.3. The Bertz CT molecular complexity index is 886. The van der Waals surface area contributed by atoms with Crippen LogP contribution >= 0.6 is 0 Å². The molecule has 0 N–H and O–H groups in total. The maximum absolute atomic E-state index is 13.2. The van der Waals surface area contributed by atoms with Crippen molar-refractivity contribution >= 4 is 5.91 Å². The van der Waals surface area contributed by atoms with Gasteiger partial charge in [0.2, 0.25) is 0 Å². The van der Waals surface area contributed by atoms with E-state index in [1.165, 1.54) is 5.69 Å². The van der Waals surface area contributed by atoms with Crippen LogP contribution in [0.3, 0.4) is 0 Å². The zero-order valence-corrected chi connectivity index (χ0v) is 18.3. The van der Waals surface area contributed by atoms with Crippen molar-refractivity contribution in [2.24, 2.45) is 11.3 Å². The number of fused-ring (bicyclic) bond motifs is 1. The van der Waals surface area contributed by atoms with Gasteiger partial charge in [-0.3, -0.25) is 9.69 Å². The van der Waals surface area contributed by atoms with Gasteiger partial charge in [-0.15, -0.1) is 0 Å². The second kappa shape index (κ2) is 7.61. The molecule has 2 saturated heterocycles. The maximum Gasteiger partial charge on any atom is 0.257 e. The minimum atomic E-state index is 0.113. The van der Waals surface area contributed by atoms with Crippen LogP contribution in [0.1, 0.15) is 34.5 Å². The van der Waals surface area contributed by atoms with E-state index in [0.717, 1.165) is 57.3 Å². The molecule has 4 heterocycles. The molecule has 0 aromatic carbocycles. The van der Waals surface area contributed by atoms with Gasteiger partial charge in [-0.25, -0.2) is 4.98 Å². The summed E-state index contributed by atoms with van der Waals surface area (Å²) in [6.07, 6.45) is 3.90. The number of hydrogen-bond donors (Lipinski definition) is 0. The zero-order chi connectivity index (χ0) is 20.8. The lowest BCUT2D eigenvalue weighted by Crippen LogP contribution is -2.42. The van der Waals surface area contributed by atoms with E-state index in [1.54, 1.807) is 0 Å². The highest BCUT2D eigenvalue weighted by Gasteiger charge is 2.53. The van der Waals surface area contributed by atoms with Gasteiger partial charge < -0.3 is 18.8 Å². The first-order valence-electron chi connectivity index (χ1n) is 10.5. The SMILES string of the molecule is CCn1cncc1CN1C[C@H]2CN(C(=O)c3cc(C)oc3C)C[C@@]2(CN(C)C)C1. The van der Waals surface area contributed by atoms with E-state index < -0.39 is 0 Å². The van der Waals surface area contributed by atoms with Crippen LogP contribution in [0.5, 0.6) is 0 Å². The molecule has 29 heavy (non-hydrogen) atoms. The summed E-state index contributed by atoms with van der Waals surface area (Å²) in [5.41, 5.74) is 2.10. The lowest BCUT2D eigenvalue weighted by atomic mass is 9.80. The summed E-state index contributed by atoms with van der Waals surface area (Å²) < 4.78 is 7.82. The number of amides is 1. The molecule has 0 spiro atoms. The monoisotopic (exact) mass is 399 g/mol. The van der Waals surface area contributed by atoms with E-state index in [9.17, 15) is 4.79 Å². The molecule has 0 radical (unpaired) electrons. The van der Waals surface area contributed by atoms with Crippen molar-refractivity contribution in [3.05, 3.63) is 41.4 Å². The molecule has 2 fully saturated rings. The van der Waals surface area contributed by atoms with E-state index >= 15 is 0 Å². The molecular formula is C22H33N5O2. The van der Waals surface area contributed by atoms with Crippen LogP contribution in [0.25, 0.3) is 0 Å². The predicted molar refractivity (Wildman–Crippen MR) is 112 cm³/mol. The Hall–Kier alpha value is -2.12. The van der Waals surface area contributed by atoms with Crippen molar-refractivity contribution in [3.8, 4) is 0 Å². The van der Waals surface area contributed by atoms with E-state index in [4.69, 9.17) is 4.42 Å². The summed E-state index contributed by atoms with van der Waals surface area (Å²) in [7, 11) is 4.27. The number of likely N-dealkylation sites (tertiary alicyclic amines) is 2. The van der Waals surface area contributed by atoms with Crippen LogP contribution in [0, 0.1) is 25.2 Å². The summed E-state index contributed by atoms with van der Waals surface area (Å²) in [4.78, 5) is 24.4. The summed E-state index contributed by atoms with van der Waals surface area (Å²) >= 11 is 0. The number of rotatable bonds is 6. The highest BCUT2D eigenvalue weighted by Crippen LogP contribution is 2.44.